The molecule has 0 aliphatic rings. The molecule has 0 fully saturated rings. The van der Waals surface area contributed by atoms with Crippen molar-refractivity contribution in [3.63, 3.8) is 0 Å². The van der Waals surface area contributed by atoms with Gasteiger partial charge in [0.05, 0.1) is 48.6 Å². The maximum Gasteiger partial charge on any atom is 0.328 e. The lowest BCUT2D eigenvalue weighted by molar-refractivity contribution is -0.145. The van der Waals surface area contributed by atoms with Crippen molar-refractivity contribution in [2.24, 2.45) is 0 Å². The first-order chi connectivity index (χ1) is 25.4. The number of halogens is 2. The van der Waals surface area contributed by atoms with Gasteiger partial charge in [-0.25, -0.2) is 4.79 Å². The summed E-state index contributed by atoms with van der Waals surface area (Å²) >= 11 is 12.5. The molecule has 0 unspecified atom stereocenters. The minimum Gasteiger partial charge on any atom is -0.496 e. The van der Waals surface area contributed by atoms with Crippen LogP contribution in [0.4, 0.5) is 0 Å². The summed E-state index contributed by atoms with van der Waals surface area (Å²) in [6.07, 6.45) is 0.180. The first-order valence-electron chi connectivity index (χ1n) is 17.4. The molecule has 5 aromatic rings. The molecule has 0 spiro atoms. The largest absolute Gasteiger partial charge is 0.496 e. The predicted octanol–water partition coefficient (Wildman–Crippen LogP) is 8.66. The zero-order valence-corrected chi connectivity index (χ0v) is 33.4. The van der Waals surface area contributed by atoms with Gasteiger partial charge in [0.2, 0.25) is 0 Å². The molecular weight excluding hydrogens is 725 g/mol. The molecule has 0 bridgehead atoms. The van der Waals surface area contributed by atoms with Crippen molar-refractivity contribution in [3.8, 4) is 22.6 Å². The molecule has 0 radical (unpaired) electrons. The van der Waals surface area contributed by atoms with Crippen LogP contribution in [0.2, 0.25) is 15.1 Å². The third-order valence-corrected chi connectivity index (χ3v) is 14.8. The number of esters is 1. The number of methoxy groups -OCH3 is 2. The summed E-state index contributed by atoms with van der Waals surface area (Å²) in [7, 11) is 0.485. The summed E-state index contributed by atoms with van der Waals surface area (Å²) in [4.78, 5) is 26.1. The fourth-order valence-electron chi connectivity index (χ4n) is 6.71. The highest BCUT2D eigenvalue weighted by atomic mass is 35.5. The van der Waals surface area contributed by atoms with Crippen LogP contribution in [0.1, 0.15) is 49.2 Å². The van der Waals surface area contributed by atoms with E-state index in [-0.39, 0.29) is 33.7 Å². The number of carbonyl (C=O) groups excluding carboxylic acids is 2. The van der Waals surface area contributed by atoms with Crippen molar-refractivity contribution in [3.05, 3.63) is 142 Å². The smallest absolute Gasteiger partial charge is 0.328 e. The van der Waals surface area contributed by atoms with Crippen molar-refractivity contribution >= 4 is 53.8 Å². The second kappa shape index (κ2) is 17.5. The fourth-order valence-corrected chi connectivity index (χ4v) is 11.8. The van der Waals surface area contributed by atoms with E-state index < -0.39 is 26.2 Å². The zero-order valence-electron chi connectivity index (χ0n) is 30.9. The van der Waals surface area contributed by atoms with Gasteiger partial charge in [-0.15, -0.1) is 0 Å². The lowest BCUT2D eigenvalue weighted by Gasteiger charge is -2.43. The zero-order chi connectivity index (χ0) is 38.2. The van der Waals surface area contributed by atoms with E-state index in [0.29, 0.717) is 18.1 Å². The molecule has 53 heavy (non-hydrogen) atoms. The molecule has 0 saturated heterocycles. The third kappa shape index (κ3) is 8.79. The second-order valence-corrected chi connectivity index (χ2v) is 18.7. The Kier molecular flexibility index (Phi) is 13.1. The Bertz CT molecular complexity index is 1930. The normalized spacial score (nSPS) is 12.2. The highest BCUT2D eigenvalue weighted by Crippen LogP contribution is 2.42. The van der Waals surface area contributed by atoms with Crippen LogP contribution in [-0.2, 0) is 27.0 Å². The maximum absolute atomic E-state index is 13.2. The molecule has 1 atom stereocenters. The molecule has 7 nitrogen and oxygen atoms in total. The molecule has 1 amide bonds. The van der Waals surface area contributed by atoms with Gasteiger partial charge < -0.3 is 24.0 Å². The van der Waals surface area contributed by atoms with Gasteiger partial charge in [0, 0.05) is 6.42 Å². The minimum absolute atomic E-state index is 0.0973. The van der Waals surface area contributed by atoms with Crippen LogP contribution in [0.3, 0.4) is 0 Å². The van der Waals surface area contributed by atoms with Gasteiger partial charge in [-0.05, 0) is 63.3 Å². The Labute approximate surface area is 323 Å². The van der Waals surface area contributed by atoms with E-state index in [2.05, 4.69) is 74.6 Å². The van der Waals surface area contributed by atoms with Crippen molar-refractivity contribution < 1.29 is 28.2 Å². The van der Waals surface area contributed by atoms with Crippen LogP contribution >= 0.6 is 23.2 Å². The number of amides is 1. The number of carbonyl (C=O) groups is 2. The summed E-state index contributed by atoms with van der Waals surface area (Å²) in [6.45, 7) is 8.98. The molecule has 0 aromatic heterocycles. The molecule has 10 heteroatoms. The molecular formula is C43H45Cl2NO6Si. The Morgan fingerprint density at radius 3 is 1.74 bits per heavy atom. The highest BCUT2D eigenvalue weighted by Gasteiger charge is 2.50. The van der Waals surface area contributed by atoms with Crippen LogP contribution in [-0.4, -0.2) is 47.1 Å². The minimum atomic E-state index is -2.79. The van der Waals surface area contributed by atoms with Gasteiger partial charge in [0.15, 0.2) is 0 Å². The summed E-state index contributed by atoms with van der Waals surface area (Å²) in [5, 5.41) is 5.35. The van der Waals surface area contributed by atoms with E-state index >= 15 is 0 Å². The molecule has 0 heterocycles. The first kappa shape index (κ1) is 39.6. The monoisotopic (exact) mass is 769 g/mol. The number of ether oxygens (including phenoxy) is 3. The summed E-state index contributed by atoms with van der Waals surface area (Å²) in [6, 6.07) is 36.5. The molecule has 0 aliphatic carbocycles. The number of benzene rings is 5. The van der Waals surface area contributed by atoms with E-state index in [4.69, 9.17) is 41.8 Å². The Morgan fingerprint density at radius 2 is 1.26 bits per heavy atom. The molecule has 0 saturated carbocycles. The van der Waals surface area contributed by atoms with Gasteiger partial charge >= 0.3 is 5.97 Å². The average Bonchev–Trinajstić information content (AvgIpc) is 3.15. The predicted molar refractivity (Wildman–Crippen MR) is 215 cm³/mol. The number of nitrogens with one attached hydrogen (secondary N) is 1. The lowest BCUT2D eigenvalue weighted by Crippen LogP contribution is -2.66. The van der Waals surface area contributed by atoms with Crippen molar-refractivity contribution in [1.29, 1.82) is 0 Å². The van der Waals surface area contributed by atoms with Crippen LogP contribution in [0, 0.1) is 0 Å². The van der Waals surface area contributed by atoms with Gasteiger partial charge in [0.25, 0.3) is 14.2 Å². The van der Waals surface area contributed by atoms with Crippen LogP contribution in [0.5, 0.6) is 11.5 Å². The summed E-state index contributed by atoms with van der Waals surface area (Å²) in [5.74, 6) is 0.133. The summed E-state index contributed by atoms with van der Waals surface area (Å²) < 4.78 is 24.4. The van der Waals surface area contributed by atoms with E-state index in [0.717, 1.165) is 22.3 Å². The molecule has 1 N–H and O–H groups in total. The Balaban J connectivity index is 1.43. The van der Waals surface area contributed by atoms with Gasteiger partial charge in [-0.1, -0.05) is 135 Å². The lowest BCUT2D eigenvalue weighted by atomic mass is 9.98. The Hall–Kier alpha value is -4.60. The molecule has 276 valence electrons. The van der Waals surface area contributed by atoms with E-state index in [1.807, 2.05) is 48.5 Å². The highest BCUT2D eigenvalue weighted by molar-refractivity contribution is 6.99. The van der Waals surface area contributed by atoms with Crippen LogP contribution < -0.4 is 25.2 Å². The molecule has 5 aromatic carbocycles. The third-order valence-electron chi connectivity index (χ3n) is 9.19. The fraction of sp³-hybridized carbons (Fsp3) is 0.256. The van der Waals surface area contributed by atoms with Crippen LogP contribution in [0.15, 0.2) is 115 Å². The van der Waals surface area contributed by atoms with Crippen molar-refractivity contribution in [1.82, 2.24) is 5.32 Å². The molecule has 5 rings (SSSR count). The standard InChI is InChI=1S/C43H45Cl2NO6Si/c1-7-51-42(48)36(46-41(47)40-34(44)19-14-20-35(40)45)25-29-21-23-31(24-22-29)39-37(49-5)26-30(27-38(39)50-6)28-52-53(43(2,3)4,32-15-10-8-11-16-32)33-17-12-9-13-18-33/h8-24,26-27,36H,7,25,28H2,1-6H3,(H,46,47)/t36-/m0/s1. The van der Waals surface area contributed by atoms with E-state index in [1.54, 1.807) is 39.3 Å². The average molecular weight is 771 g/mol. The molecule has 0 aliphatic heterocycles. The van der Waals surface area contributed by atoms with Gasteiger partial charge in [0.1, 0.15) is 17.5 Å². The van der Waals surface area contributed by atoms with E-state index in [1.165, 1.54) is 10.4 Å². The maximum atomic E-state index is 13.2. The first-order valence-corrected chi connectivity index (χ1v) is 20.1. The van der Waals surface area contributed by atoms with Crippen LogP contribution in [0.25, 0.3) is 11.1 Å². The topological polar surface area (TPSA) is 83.1 Å². The number of hydrogen-bond donors (Lipinski definition) is 1. The quantitative estimate of drug-likeness (QED) is 0.0900. The second-order valence-electron chi connectivity index (χ2n) is 13.6. The van der Waals surface area contributed by atoms with Crippen molar-refractivity contribution in [2.75, 3.05) is 20.8 Å². The summed E-state index contributed by atoms with van der Waals surface area (Å²) in [5.41, 5.74) is 3.44. The number of rotatable bonds is 14. The van der Waals surface area contributed by atoms with Gasteiger partial charge in [-0.2, -0.15) is 0 Å². The van der Waals surface area contributed by atoms with Gasteiger partial charge in [-0.3, -0.25) is 4.79 Å². The Morgan fingerprint density at radius 1 is 0.736 bits per heavy atom. The SMILES string of the molecule is CCOC(=O)[C@H](Cc1ccc(-c2c(OC)cc(CO[Si](c3ccccc3)(c3ccccc3)C(C)(C)C)cc2OC)cc1)NC(=O)c1c(Cl)cccc1Cl. The van der Waals surface area contributed by atoms with Crippen molar-refractivity contribution in [2.45, 2.75) is 51.8 Å². The van der Waals surface area contributed by atoms with E-state index in [9.17, 15) is 9.59 Å². The number of hydrogen-bond acceptors (Lipinski definition) is 6.